The topological polar surface area (TPSA) is 35.5 Å². The van der Waals surface area contributed by atoms with Gasteiger partial charge in [-0.15, -0.1) is 0 Å². The van der Waals surface area contributed by atoms with E-state index in [0.717, 1.165) is 11.1 Å². The smallest absolute Gasteiger partial charge is 0.193 e. The van der Waals surface area contributed by atoms with E-state index >= 15 is 0 Å². The summed E-state index contributed by atoms with van der Waals surface area (Å²) in [7, 11) is 0. The second-order valence-electron chi connectivity index (χ2n) is 6.46. The van der Waals surface area contributed by atoms with Crippen LogP contribution in [0.4, 0.5) is 0 Å². The molecule has 0 aliphatic carbocycles. The standard InChI is InChI=1S/C25H24O3/c1-4-6-19-9-16-23(27-5-2)24(17-19)28-22-14-12-21(13-15-22)25(26)20-10-7-18(3)8-11-20/h4,6-17H,5H2,1-3H3/b6-4+. The number of rotatable bonds is 7. The number of ether oxygens (including phenoxy) is 2. The Morgan fingerprint density at radius 3 is 2.14 bits per heavy atom. The molecule has 0 heterocycles. The van der Waals surface area contributed by atoms with Gasteiger partial charge in [-0.2, -0.15) is 0 Å². The lowest BCUT2D eigenvalue weighted by molar-refractivity contribution is 0.103. The molecule has 0 bridgehead atoms. The molecule has 0 radical (unpaired) electrons. The van der Waals surface area contributed by atoms with Gasteiger partial charge in [0, 0.05) is 11.1 Å². The van der Waals surface area contributed by atoms with Crippen molar-refractivity contribution >= 4 is 11.9 Å². The van der Waals surface area contributed by atoms with Crippen LogP contribution in [0.5, 0.6) is 17.2 Å². The van der Waals surface area contributed by atoms with Gasteiger partial charge in [-0.3, -0.25) is 4.79 Å². The van der Waals surface area contributed by atoms with E-state index in [1.54, 1.807) is 24.3 Å². The Hall–Kier alpha value is -3.33. The Labute approximate surface area is 166 Å². The Bertz CT molecular complexity index is 968. The molecule has 3 heteroatoms. The summed E-state index contributed by atoms with van der Waals surface area (Å²) >= 11 is 0. The van der Waals surface area contributed by atoms with Crippen molar-refractivity contribution in [1.82, 2.24) is 0 Å². The van der Waals surface area contributed by atoms with Gasteiger partial charge in [0.1, 0.15) is 5.75 Å². The number of allylic oxidation sites excluding steroid dienone is 1. The monoisotopic (exact) mass is 372 g/mol. The molecule has 0 fully saturated rings. The van der Waals surface area contributed by atoms with E-state index in [2.05, 4.69) is 0 Å². The molecule has 0 amide bonds. The first-order valence-corrected chi connectivity index (χ1v) is 9.39. The van der Waals surface area contributed by atoms with Gasteiger partial charge in [-0.05, 0) is 62.7 Å². The molecule has 3 aromatic rings. The fourth-order valence-electron chi connectivity index (χ4n) is 2.85. The number of benzene rings is 3. The third-order valence-corrected chi connectivity index (χ3v) is 4.28. The molecule has 0 spiro atoms. The van der Waals surface area contributed by atoms with E-state index in [1.165, 1.54) is 0 Å². The van der Waals surface area contributed by atoms with Crippen LogP contribution in [0.3, 0.4) is 0 Å². The summed E-state index contributed by atoms with van der Waals surface area (Å²) in [6.45, 7) is 6.47. The highest BCUT2D eigenvalue weighted by molar-refractivity contribution is 6.09. The van der Waals surface area contributed by atoms with Crippen LogP contribution in [0.15, 0.2) is 72.8 Å². The lowest BCUT2D eigenvalue weighted by Crippen LogP contribution is -2.01. The van der Waals surface area contributed by atoms with Crippen LogP contribution in [0, 0.1) is 6.92 Å². The predicted molar refractivity (Wildman–Crippen MR) is 113 cm³/mol. The van der Waals surface area contributed by atoms with E-state index in [1.807, 2.05) is 75.4 Å². The van der Waals surface area contributed by atoms with Crippen LogP contribution in [0.25, 0.3) is 6.08 Å². The summed E-state index contributed by atoms with van der Waals surface area (Å²) in [4.78, 5) is 12.6. The highest BCUT2D eigenvalue weighted by atomic mass is 16.5. The molecule has 3 aromatic carbocycles. The van der Waals surface area contributed by atoms with Gasteiger partial charge in [-0.25, -0.2) is 0 Å². The van der Waals surface area contributed by atoms with Crippen LogP contribution in [-0.4, -0.2) is 12.4 Å². The van der Waals surface area contributed by atoms with Crippen LogP contribution >= 0.6 is 0 Å². The lowest BCUT2D eigenvalue weighted by atomic mass is 10.0. The second kappa shape index (κ2) is 9.05. The first-order valence-electron chi connectivity index (χ1n) is 9.39. The van der Waals surface area contributed by atoms with Gasteiger partial charge < -0.3 is 9.47 Å². The molecule has 28 heavy (non-hydrogen) atoms. The lowest BCUT2D eigenvalue weighted by Gasteiger charge is -2.13. The Morgan fingerprint density at radius 1 is 0.893 bits per heavy atom. The van der Waals surface area contributed by atoms with Crippen molar-refractivity contribution in [3.8, 4) is 17.2 Å². The normalized spacial score (nSPS) is 10.8. The predicted octanol–water partition coefficient (Wildman–Crippen LogP) is 6.45. The fraction of sp³-hybridized carbons (Fsp3) is 0.160. The number of carbonyl (C=O) groups is 1. The van der Waals surface area contributed by atoms with Crippen molar-refractivity contribution in [2.24, 2.45) is 0 Å². The molecule has 0 N–H and O–H groups in total. The minimum atomic E-state index is -0.00312. The molecule has 0 unspecified atom stereocenters. The summed E-state index contributed by atoms with van der Waals surface area (Å²) < 4.78 is 11.7. The van der Waals surface area contributed by atoms with E-state index in [4.69, 9.17) is 9.47 Å². The average molecular weight is 372 g/mol. The number of hydrogen-bond acceptors (Lipinski definition) is 3. The van der Waals surface area contributed by atoms with Gasteiger partial charge in [0.25, 0.3) is 0 Å². The molecular weight excluding hydrogens is 348 g/mol. The molecule has 142 valence electrons. The minimum Gasteiger partial charge on any atom is -0.490 e. The molecule has 0 aliphatic rings. The summed E-state index contributed by atoms with van der Waals surface area (Å²) in [6, 6.07) is 20.6. The van der Waals surface area contributed by atoms with Crippen molar-refractivity contribution in [1.29, 1.82) is 0 Å². The summed E-state index contributed by atoms with van der Waals surface area (Å²) in [6.07, 6.45) is 3.98. The third kappa shape index (κ3) is 4.68. The maximum Gasteiger partial charge on any atom is 0.193 e. The molecule has 0 saturated carbocycles. The Kier molecular flexibility index (Phi) is 6.28. The number of carbonyl (C=O) groups excluding carboxylic acids is 1. The zero-order valence-electron chi connectivity index (χ0n) is 16.4. The number of ketones is 1. The van der Waals surface area contributed by atoms with E-state index < -0.39 is 0 Å². The van der Waals surface area contributed by atoms with E-state index in [9.17, 15) is 4.79 Å². The SMILES string of the molecule is C/C=C/c1ccc(OCC)c(Oc2ccc(C(=O)c3ccc(C)cc3)cc2)c1. The zero-order valence-corrected chi connectivity index (χ0v) is 16.4. The first kappa shape index (κ1) is 19.4. The Balaban J connectivity index is 1.81. The van der Waals surface area contributed by atoms with Gasteiger partial charge in [0.2, 0.25) is 0 Å². The fourth-order valence-corrected chi connectivity index (χ4v) is 2.85. The quantitative estimate of drug-likeness (QED) is 0.447. The van der Waals surface area contributed by atoms with E-state index in [-0.39, 0.29) is 5.78 Å². The number of hydrogen-bond donors (Lipinski definition) is 0. The highest BCUT2D eigenvalue weighted by Crippen LogP contribution is 2.33. The van der Waals surface area contributed by atoms with Crippen LogP contribution in [-0.2, 0) is 0 Å². The van der Waals surface area contributed by atoms with Crippen molar-refractivity contribution in [2.75, 3.05) is 6.61 Å². The second-order valence-corrected chi connectivity index (χ2v) is 6.46. The summed E-state index contributed by atoms with van der Waals surface area (Å²) in [5, 5.41) is 0. The maximum atomic E-state index is 12.6. The Morgan fingerprint density at radius 2 is 1.54 bits per heavy atom. The first-order chi connectivity index (χ1) is 13.6. The van der Waals surface area contributed by atoms with Crippen molar-refractivity contribution < 1.29 is 14.3 Å². The van der Waals surface area contributed by atoms with Crippen LogP contribution in [0.1, 0.15) is 40.9 Å². The molecule has 0 aliphatic heterocycles. The van der Waals surface area contributed by atoms with Crippen LogP contribution < -0.4 is 9.47 Å². The van der Waals surface area contributed by atoms with Crippen molar-refractivity contribution in [2.45, 2.75) is 20.8 Å². The zero-order chi connectivity index (χ0) is 19.9. The molecule has 3 nitrogen and oxygen atoms in total. The van der Waals surface area contributed by atoms with Crippen molar-refractivity contribution in [3.63, 3.8) is 0 Å². The third-order valence-electron chi connectivity index (χ3n) is 4.28. The molecule has 0 aromatic heterocycles. The minimum absolute atomic E-state index is 0.00312. The largest absolute Gasteiger partial charge is 0.490 e. The molecule has 3 rings (SSSR count). The van der Waals surface area contributed by atoms with Gasteiger partial charge >= 0.3 is 0 Å². The summed E-state index contributed by atoms with van der Waals surface area (Å²) in [5.74, 6) is 1.99. The highest BCUT2D eigenvalue weighted by Gasteiger charge is 2.11. The van der Waals surface area contributed by atoms with Gasteiger partial charge in [-0.1, -0.05) is 48.0 Å². The van der Waals surface area contributed by atoms with Gasteiger partial charge in [0.15, 0.2) is 17.3 Å². The molecular formula is C25H24O3. The molecule has 0 atom stereocenters. The molecule has 0 saturated heterocycles. The number of aryl methyl sites for hydroxylation is 1. The summed E-state index contributed by atoms with van der Waals surface area (Å²) in [5.41, 5.74) is 3.47. The van der Waals surface area contributed by atoms with Crippen molar-refractivity contribution in [3.05, 3.63) is 95.1 Å². The average Bonchev–Trinajstić information content (AvgIpc) is 2.71. The van der Waals surface area contributed by atoms with Gasteiger partial charge in [0.05, 0.1) is 6.61 Å². The van der Waals surface area contributed by atoms with E-state index in [0.29, 0.717) is 35.0 Å². The van der Waals surface area contributed by atoms with Crippen LogP contribution in [0.2, 0.25) is 0 Å². The maximum absolute atomic E-state index is 12.6.